The SMILES string of the molecule is CC1CCCCN1S(=O)(=O)c1ccc(C(=O)N2CCCCC2C2OCCO2)cc1. The summed E-state index contributed by atoms with van der Waals surface area (Å²) in [5.74, 6) is -0.0934. The molecule has 0 bridgehead atoms. The Morgan fingerprint density at radius 2 is 1.62 bits per heavy atom. The zero-order valence-corrected chi connectivity index (χ0v) is 17.8. The summed E-state index contributed by atoms with van der Waals surface area (Å²) in [5, 5.41) is 0. The van der Waals surface area contributed by atoms with E-state index < -0.39 is 10.0 Å². The maximum atomic E-state index is 13.1. The topological polar surface area (TPSA) is 76.2 Å². The fraction of sp³-hybridized carbons (Fsp3) is 0.667. The normalized spacial score (nSPS) is 27.3. The van der Waals surface area contributed by atoms with Crippen LogP contribution in [0.2, 0.25) is 0 Å². The molecule has 3 fully saturated rings. The number of ether oxygens (including phenoxy) is 2. The Bertz CT molecular complexity index is 820. The lowest BCUT2D eigenvalue weighted by Gasteiger charge is -2.38. The molecule has 0 saturated carbocycles. The van der Waals surface area contributed by atoms with Gasteiger partial charge < -0.3 is 14.4 Å². The van der Waals surface area contributed by atoms with Crippen molar-refractivity contribution in [2.75, 3.05) is 26.3 Å². The van der Waals surface area contributed by atoms with Crippen LogP contribution in [0.1, 0.15) is 55.8 Å². The summed E-state index contributed by atoms with van der Waals surface area (Å²) in [6.45, 7) is 4.30. The first-order valence-corrected chi connectivity index (χ1v) is 12.1. The molecule has 1 aromatic carbocycles. The molecule has 3 aliphatic heterocycles. The quantitative estimate of drug-likeness (QED) is 0.746. The Kier molecular flexibility index (Phi) is 6.24. The summed E-state index contributed by atoms with van der Waals surface area (Å²) in [6.07, 6.45) is 5.33. The number of rotatable bonds is 4. The van der Waals surface area contributed by atoms with Crippen molar-refractivity contribution in [3.05, 3.63) is 29.8 Å². The predicted octanol–water partition coefficient (Wildman–Crippen LogP) is 2.62. The molecule has 3 heterocycles. The Morgan fingerprint density at radius 1 is 0.966 bits per heavy atom. The standard InChI is InChI=1S/C21H30N2O5S/c1-16-6-2-5-13-23(16)29(25,26)18-10-8-17(9-11-18)20(24)22-12-4-3-7-19(22)21-27-14-15-28-21/h8-11,16,19,21H,2-7,12-15H2,1H3. The third-order valence-electron chi connectivity index (χ3n) is 6.22. The van der Waals surface area contributed by atoms with Crippen molar-refractivity contribution in [2.24, 2.45) is 0 Å². The van der Waals surface area contributed by atoms with E-state index in [9.17, 15) is 13.2 Å². The van der Waals surface area contributed by atoms with Gasteiger partial charge in [-0.25, -0.2) is 8.42 Å². The lowest BCUT2D eigenvalue weighted by atomic mass is 10.00. The summed E-state index contributed by atoms with van der Waals surface area (Å²) >= 11 is 0. The molecule has 1 amide bonds. The Labute approximate surface area is 173 Å². The number of benzene rings is 1. The Balaban J connectivity index is 1.51. The molecule has 0 radical (unpaired) electrons. The number of sulfonamides is 1. The third-order valence-corrected chi connectivity index (χ3v) is 8.25. The molecule has 0 aliphatic carbocycles. The van der Waals surface area contributed by atoms with Crippen LogP contribution in [-0.2, 0) is 19.5 Å². The van der Waals surface area contributed by atoms with E-state index in [4.69, 9.17) is 9.47 Å². The molecule has 3 saturated heterocycles. The van der Waals surface area contributed by atoms with Gasteiger partial charge in [-0.15, -0.1) is 0 Å². The molecule has 0 spiro atoms. The van der Waals surface area contributed by atoms with Crippen molar-refractivity contribution in [2.45, 2.75) is 68.7 Å². The second-order valence-electron chi connectivity index (χ2n) is 8.16. The van der Waals surface area contributed by atoms with Gasteiger partial charge in [-0.05, 0) is 63.3 Å². The average Bonchev–Trinajstić information content (AvgIpc) is 3.28. The van der Waals surface area contributed by atoms with E-state index in [1.165, 1.54) is 0 Å². The number of carbonyl (C=O) groups is 1. The van der Waals surface area contributed by atoms with Crippen molar-refractivity contribution in [3.63, 3.8) is 0 Å². The summed E-state index contributed by atoms with van der Waals surface area (Å²) in [4.78, 5) is 15.2. The van der Waals surface area contributed by atoms with Crippen molar-refractivity contribution in [1.29, 1.82) is 0 Å². The minimum absolute atomic E-state index is 0.00979. The Hall–Kier alpha value is -1.48. The fourth-order valence-corrected chi connectivity index (χ4v) is 6.29. The Morgan fingerprint density at radius 3 is 2.31 bits per heavy atom. The van der Waals surface area contributed by atoms with Gasteiger partial charge in [0.2, 0.25) is 10.0 Å². The van der Waals surface area contributed by atoms with Crippen LogP contribution >= 0.6 is 0 Å². The van der Waals surface area contributed by atoms with Crippen LogP contribution in [0.15, 0.2) is 29.2 Å². The van der Waals surface area contributed by atoms with Crippen LogP contribution in [0.3, 0.4) is 0 Å². The summed E-state index contributed by atoms with van der Waals surface area (Å²) in [5.41, 5.74) is 0.500. The first-order valence-electron chi connectivity index (χ1n) is 10.6. The highest BCUT2D eigenvalue weighted by atomic mass is 32.2. The summed E-state index contributed by atoms with van der Waals surface area (Å²) in [6, 6.07) is 6.31. The molecular weight excluding hydrogens is 392 g/mol. The second kappa shape index (κ2) is 8.71. The molecule has 0 N–H and O–H groups in total. The lowest BCUT2D eigenvalue weighted by Crippen LogP contribution is -2.50. The summed E-state index contributed by atoms with van der Waals surface area (Å²) < 4.78 is 38.9. The summed E-state index contributed by atoms with van der Waals surface area (Å²) in [7, 11) is -3.53. The zero-order valence-electron chi connectivity index (χ0n) is 17.0. The van der Waals surface area contributed by atoms with Gasteiger partial charge in [-0.2, -0.15) is 4.31 Å². The number of hydrogen-bond donors (Lipinski definition) is 0. The van der Waals surface area contributed by atoms with Gasteiger partial charge in [-0.1, -0.05) is 6.42 Å². The van der Waals surface area contributed by atoms with E-state index in [1.807, 2.05) is 11.8 Å². The molecule has 1 aromatic rings. The number of amides is 1. The van der Waals surface area contributed by atoms with Crippen LogP contribution < -0.4 is 0 Å². The average molecular weight is 423 g/mol. The highest BCUT2D eigenvalue weighted by Crippen LogP contribution is 2.28. The first-order chi connectivity index (χ1) is 14.0. The molecule has 3 aliphatic rings. The van der Waals surface area contributed by atoms with E-state index in [0.29, 0.717) is 31.9 Å². The molecular formula is C21H30N2O5S. The smallest absolute Gasteiger partial charge is 0.254 e. The zero-order chi connectivity index (χ0) is 20.4. The van der Waals surface area contributed by atoms with E-state index >= 15 is 0 Å². The minimum atomic E-state index is -3.53. The number of piperidine rings is 2. The van der Waals surface area contributed by atoms with Crippen molar-refractivity contribution in [3.8, 4) is 0 Å². The minimum Gasteiger partial charge on any atom is -0.348 e. The first kappa shape index (κ1) is 20.8. The van der Waals surface area contributed by atoms with Gasteiger partial charge in [0.15, 0.2) is 6.29 Å². The lowest BCUT2D eigenvalue weighted by molar-refractivity contribution is -0.100. The molecule has 8 heteroatoms. The van der Waals surface area contributed by atoms with Crippen molar-refractivity contribution >= 4 is 15.9 Å². The largest absolute Gasteiger partial charge is 0.348 e. The maximum absolute atomic E-state index is 13.1. The van der Waals surface area contributed by atoms with Gasteiger partial charge in [-0.3, -0.25) is 4.79 Å². The molecule has 7 nitrogen and oxygen atoms in total. The highest BCUT2D eigenvalue weighted by Gasteiger charge is 2.37. The van der Waals surface area contributed by atoms with E-state index in [0.717, 1.165) is 38.5 Å². The molecule has 29 heavy (non-hydrogen) atoms. The van der Waals surface area contributed by atoms with Crippen LogP contribution in [0.4, 0.5) is 0 Å². The van der Waals surface area contributed by atoms with Gasteiger partial charge in [0.1, 0.15) is 0 Å². The monoisotopic (exact) mass is 422 g/mol. The number of nitrogens with zero attached hydrogens (tertiary/aromatic N) is 2. The third kappa shape index (κ3) is 4.21. The molecule has 0 aromatic heterocycles. The van der Waals surface area contributed by atoms with E-state index in [-0.39, 0.29) is 29.2 Å². The number of carbonyl (C=O) groups excluding carboxylic acids is 1. The van der Waals surface area contributed by atoms with Gasteiger partial charge in [0.05, 0.1) is 24.2 Å². The van der Waals surface area contributed by atoms with Crippen LogP contribution in [-0.4, -0.2) is 68.2 Å². The number of hydrogen-bond acceptors (Lipinski definition) is 5. The molecule has 4 rings (SSSR count). The van der Waals surface area contributed by atoms with E-state index in [1.54, 1.807) is 28.6 Å². The maximum Gasteiger partial charge on any atom is 0.254 e. The van der Waals surface area contributed by atoms with Gasteiger partial charge in [0, 0.05) is 24.7 Å². The fourth-order valence-electron chi connectivity index (χ4n) is 4.59. The van der Waals surface area contributed by atoms with E-state index in [2.05, 4.69) is 0 Å². The van der Waals surface area contributed by atoms with Crippen LogP contribution in [0.25, 0.3) is 0 Å². The molecule has 2 unspecified atom stereocenters. The highest BCUT2D eigenvalue weighted by molar-refractivity contribution is 7.89. The van der Waals surface area contributed by atoms with Crippen molar-refractivity contribution in [1.82, 2.24) is 9.21 Å². The van der Waals surface area contributed by atoms with Crippen LogP contribution in [0.5, 0.6) is 0 Å². The second-order valence-corrected chi connectivity index (χ2v) is 10.0. The number of likely N-dealkylation sites (tertiary alicyclic amines) is 1. The predicted molar refractivity (Wildman–Crippen MR) is 108 cm³/mol. The van der Waals surface area contributed by atoms with Crippen LogP contribution in [0, 0.1) is 0 Å². The van der Waals surface area contributed by atoms with Crippen molar-refractivity contribution < 1.29 is 22.7 Å². The van der Waals surface area contributed by atoms with Gasteiger partial charge in [0.25, 0.3) is 5.91 Å². The van der Waals surface area contributed by atoms with Gasteiger partial charge >= 0.3 is 0 Å². The molecule has 160 valence electrons. The molecule has 2 atom stereocenters.